The van der Waals surface area contributed by atoms with Crippen molar-refractivity contribution in [2.75, 3.05) is 44.6 Å². The van der Waals surface area contributed by atoms with Crippen LogP contribution >= 0.6 is 0 Å². The van der Waals surface area contributed by atoms with E-state index in [0.717, 1.165) is 48.1 Å². The number of aryl methyl sites for hydroxylation is 1. The fourth-order valence-electron chi connectivity index (χ4n) is 5.05. The average molecular weight is 445 g/mol. The molecular weight excluding hydrogens is 412 g/mol. The third kappa shape index (κ3) is 4.87. The van der Waals surface area contributed by atoms with E-state index in [0.29, 0.717) is 26.2 Å². The molecule has 0 saturated carbocycles. The minimum Gasteiger partial charge on any atom is -0.390 e. The summed E-state index contributed by atoms with van der Waals surface area (Å²) in [5.41, 5.74) is 5.43. The van der Waals surface area contributed by atoms with Gasteiger partial charge in [0.15, 0.2) is 0 Å². The van der Waals surface area contributed by atoms with Crippen LogP contribution in [0.1, 0.15) is 34.5 Å². The number of hydrogen-bond acceptors (Lipinski definition) is 5. The van der Waals surface area contributed by atoms with Crippen molar-refractivity contribution in [1.29, 1.82) is 0 Å². The molecule has 1 saturated heterocycles. The number of nitrogens with zero attached hydrogens (tertiary/aromatic N) is 3. The van der Waals surface area contributed by atoms with Gasteiger partial charge in [0.25, 0.3) is 5.91 Å². The highest BCUT2D eigenvalue weighted by Gasteiger charge is 2.24. The minimum absolute atomic E-state index is 0.0896. The van der Waals surface area contributed by atoms with Gasteiger partial charge in [0.05, 0.1) is 11.6 Å². The summed E-state index contributed by atoms with van der Waals surface area (Å²) in [4.78, 5) is 21.7. The normalized spacial score (nSPS) is 17.5. The van der Waals surface area contributed by atoms with Gasteiger partial charge in [-0.15, -0.1) is 0 Å². The highest BCUT2D eigenvalue weighted by Crippen LogP contribution is 2.33. The van der Waals surface area contributed by atoms with Crippen LogP contribution in [0.4, 0.5) is 5.69 Å². The van der Waals surface area contributed by atoms with Crippen LogP contribution in [-0.4, -0.2) is 71.2 Å². The minimum atomic E-state index is -0.479. The fraction of sp³-hybridized carbons (Fsp3) is 0.407. The van der Waals surface area contributed by atoms with Gasteiger partial charge in [0.2, 0.25) is 0 Å². The Balaban J connectivity index is 1.18. The fourth-order valence-corrected chi connectivity index (χ4v) is 5.05. The van der Waals surface area contributed by atoms with Crippen molar-refractivity contribution in [2.45, 2.75) is 31.8 Å². The van der Waals surface area contributed by atoms with Crippen LogP contribution in [0.2, 0.25) is 0 Å². The predicted molar refractivity (Wildman–Crippen MR) is 132 cm³/mol. The number of para-hydroxylation sites is 1. The Morgan fingerprint density at radius 3 is 2.52 bits per heavy atom. The maximum atomic E-state index is 12.7. The Bertz CT molecular complexity index is 1110. The van der Waals surface area contributed by atoms with E-state index in [9.17, 15) is 9.90 Å². The first-order valence-corrected chi connectivity index (χ1v) is 12.1. The first-order chi connectivity index (χ1) is 16.2. The average Bonchev–Trinajstić information content (AvgIpc) is 2.87. The van der Waals surface area contributed by atoms with Crippen LogP contribution in [0.3, 0.4) is 0 Å². The zero-order valence-electron chi connectivity index (χ0n) is 19.0. The van der Waals surface area contributed by atoms with E-state index in [1.165, 1.54) is 24.1 Å². The lowest BCUT2D eigenvalue weighted by molar-refractivity contribution is 0.0547. The molecule has 6 heteroatoms. The third-order valence-corrected chi connectivity index (χ3v) is 6.83. The molecule has 2 heterocycles. The summed E-state index contributed by atoms with van der Waals surface area (Å²) in [6.45, 7) is 4.05. The van der Waals surface area contributed by atoms with E-state index >= 15 is 0 Å². The molecular formula is C27H32N4O2. The first kappa shape index (κ1) is 21.9. The summed E-state index contributed by atoms with van der Waals surface area (Å²) < 4.78 is 0. The largest absolute Gasteiger partial charge is 0.390 e. The number of carbonyl (C=O) groups is 1. The molecule has 1 aliphatic heterocycles. The molecule has 0 radical (unpaired) electrons. The van der Waals surface area contributed by atoms with Gasteiger partial charge in [0.1, 0.15) is 0 Å². The summed E-state index contributed by atoms with van der Waals surface area (Å²) in [6.07, 6.45) is 3.98. The molecule has 1 aromatic heterocycles. The topological polar surface area (TPSA) is 68.7 Å². The lowest BCUT2D eigenvalue weighted by atomic mass is 9.92. The molecule has 1 fully saturated rings. The lowest BCUT2D eigenvalue weighted by Crippen LogP contribution is -2.51. The van der Waals surface area contributed by atoms with Crippen molar-refractivity contribution in [2.24, 2.45) is 0 Å². The van der Waals surface area contributed by atoms with Crippen LogP contribution in [0.5, 0.6) is 0 Å². The number of rotatable bonds is 6. The Labute approximate surface area is 195 Å². The monoisotopic (exact) mass is 444 g/mol. The Morgan fingerprint density at radius 1 is 0.970 bits per heavy atom. The van der Waals surface area contributed by atoms with E-state index < -0.39 is 6.10 Å². The number of β-amino-alcohol motifs (C(OH)–C–C–N with tert-alkyl or cyclic N) is 1. The van der Waals surface area contributed by atoms with Crippen molar-refractivity contribution in [3.8, 4) is 0 Å². The number of amides is 1. The van der Waals surface area contributed by atoms with Gasteiger partial charge in [-0.3, -0.25) is 14.7 Å². The van der Waals surface area contributed by atoms with Gasteiger partial charge >= 0.3 is 0 Å². The Kier molecular flexibility index (Phi) is 6.55. The van der Waals surface area contributed by atoms with Gasteiger partial charge in [-0.1, -0.05) is 36.4 Å². The molecule has 1 unspecified atom stereocenters. The maximum absolute atomic E-state index is 12.7. The molecule has 1 aliphatic carbocycles. The van der Waals surface area contributed by atoms with E-state index in [4.69, 9.17) is 4.98 Å². The maximum Gasteiger partial charge on any atom is 0.253 e. The quantitative estimate of drug-likeness (QED) is 0.610. The van der Waals surface area contributed by atoms with Crippen LogP contribution in [0, 0.1) is 0 Å². The number of hydrogen-bond donors (Lipinski definition) is 2. The van der Waals surface area contributed by atoms with Gasteiger partial charge in [-0.2, -0.15) is 0 Å². The molecule has 3 aromatic rings. The molecule has 2 aromatic carbocycles. The van der Waals surface area contributed by atoms with E-state index in [2.05, 4.69) is 28.4 Å². The van der Waals surface area contributed by atoms with Crippen LogP contribution in [-0.2, 0) is 12.8 Å². The van der Waals surface area contributed by atoms with Crippen molar-refractivity contribution in [3.05, 3.63) is 71.4 Å². The molecule has 0 bridgehead atoms. The number of anilines is 1. The summed E-state index contributed by atoms with van der Waals surface area (Å²) in [6, 6.07) is 17.7. The number of carbonyl (C=O) groups excluding carboxylic acids is 1. The number of aromatic nitrogens is 1. The van der Waals surface area contributed by atoms with E-state index in [-0.39, 0.29) is 5.91 Å². The molecule has 2 N–H and O–H groups in total. The number of nitrogens with one attached hydrogen (secondary N) is 1. The molecule has 5 rings (SSSR count). The zero-order valence-corrected chi connectivity index (χ0v) is 19.0. The van der Waals surface area contributed by atoms with Crippen molar-refractivity contribution in [3.63, 3.8) is 0 Å². The molecule has 6 nitrogen and oxygen atoms in total. The van der Waals surface area contributed by atoms with Gasteiger partial charge in [-0.25, -0.2) is 0 Å². The molecule has 172 valence electrons. The van der Waals surface area contributed by atoms with E-state index in [1.54, 1.807) is 0 Å². The third-order valence-electron chi connectivity index (χ3n) is 6.83. The SMILES string of the molecule is O=C(c1ccccc1)N1CCN(CC(O)CNc2c3c(nc4ccccc24)CCCC3)CC1. The molecule has 0 spiro atoms. The van der Waals surface area contributed by atoms with Crippen molar-refractivity contribution < 1.29 is 9.90 Å². The highest BCUT2D eigenvalue weighted by atomic mass is 16.3. The van der Waals surface area contributed by atoms with Crippen LogP contribution in [0.25, 0.3) is 10.9 Å². The van der Waals surface area contributed by atoms with Gasteiger partial charge in [-0.05, 0) is 49.4 Å². The smallest absolute Gasteiger partial charge is 0.253 e. The van der Waals surface area contributed by atoms with Gasteiger partial charge in [0, 0.05) is 61.6 Å². The van der Waals surface area contributed by atoms with Gasteiger partial charge < -0.3 is 15.3 Å². The van der Waals surface area contributed by atoms with Crippen LogP contribution < -0.4 is 5.32 Å². The number of benzene rings is 2. The second kappa shape index (κ2) is 9.89. The Hall–Kier alpha value is -2.96. The summed E-state index contributed by atoms with van der Waals surface area (Å²) in [5.74, 6) is 0.0896. The summed E-state index contributed by atoms with van der Waals surface area (Å²) >= 11 is 0. The van der Waals surface area contributed by atoms with Crippen LogP contribution in [0.15, 0.2) is 54.6 Å². The number of fused-ring (bicyclic) bond motifs is 2. The van der Waals surface area contributed by atoms with E-state index in [1.807, 2.05) is 41.3 Å². The second-order valence-electron chi connectivity index (χ2n) is 9.13. The number of pyridine rings is 1. The standard InChI is InChI=1S/C27H32N4O2/c32-21(19-30-14-16-31(17-15-30)27(33)20-8-2-1-3-9-20)18-28-26-22-10-4-6-12-24(22)29-25-13-7-5-11-23(25)26/h1-4,6,8-10,12,21,32H,5,7,11,13-19H2,(H,28,29). The zero-order chi connectivity index (χ0) is 22.6. The predicted octanol–water partition coefficient (Wildman–Crippen LogP) is 3.34. The number of piperazine rings is 1. The molecule has 1 atom stereocenters. The summed E-state index contributed by atoms with van der Waals surface area (Å²) in [7, 11) is 0. The first-order valence-electron chi connectivity index (χ1n) is 12.1. The summed E-state index contributed by atoms with van der Waals surface area (Å²) in [5, 5.41) is 15.5. The highest BCUT2D eigenvalue weighted by molar-refractivity contribution is 5.94. The second-order valence-corrected chi connectivity index (χ2v) is 9.13. The molecule has 2 aliphatic rings. The van der Waals surface area contributed by atoms with Crippen molar-refractivity contribution >= 4 is 22.5 Å². The Morgan fingerprint density at radius 2 is 1.70 bits per heavy atom. The molecule has 33 heavy (non-hydrogen) atoms. The molecule has 1 amide bonds. The number of aliphatic hydroxyl groups excluding tert-OH is 1. The van der Waals surface area contributed by atoms with Crippen molar-refractivity contribution in [1.82, 2.24) is 14.8 Å². The lowest BCUT2D eigenvalue weighted by Gasteiger charge is -2.35. The number of aliphatic hydroxyl groups is 1.